The van der Waals surface area contributed by atoms with Gasteiger partial charge in [0.25, 0.3) is 11.8 Å². The highest BCUT2D eigenvalue weighted by Gasteiger charge is 2.39. The molecule has 0 bridgehead atoms. The Morgan fingerprint density at radius 2 is 2.09 bits per heavy atom. The van der Waals surface area contributed by atoms with Crippen LogP contribution < -0.4 is 21.1 Å². The molecule has 0 unspecified atom stereocenters. The highest BCUT2D eigenvalue weighted by Crippen LogP contribution is 2.25. The molecule has 2 rings (SSSR count). The molecular weight excluding hydrogens is 286 g/mol. The van der Waals surface area contributed by atoms with Crippen LogP contribution in [0.15, 0.2) is 24.3 Å². The van der Waals surface area contributed by atoms with Gasteiger partial charge in [-0.25, -0.2) is 0 Å². The lowest BCUT2D eigenvalue weighted by Crippen LogP contribution is -2.51. The first-order valence-electron chi connectivity index (χ1n) is 7.14. The smallest absolute Gasteiger partial charge is 0.256 e. The van der Waals surface area contributed by atoms with Crippen molar-refractivity contribution in [2.45, 2.75) is 18.4 Å². The first kappa shape index (κ1) is 16.3. The number of benzene rings is 1. The lowest BCUT2D eigenvalue weighted by molar-refractivity contribution is -0.140. The summed E-state index contributed by atoms with van der Waals surface area (Å²) in [4.78, 5) is 23.2. The van der Waals surface area contributed by atoms with Crippen LogP contribution in [0.3, 0.4) is 0 Å². The highest BCUT2D eigenvalue weighted by molar-refractivity contribution is 5.97. The fourth-order valence-corrected chi connectivity index (χ4v) is 2.42. The van der Waals surface area contributed by atoms with Crippen molar-refractivity contribution in [3.05, 3.63) is 24.3 Å². The predicted molar refractivity (Wildman–Crippen MR) is 81.6 cm³/mol. The number of carbonyl (C=O) groups is 2. The first-order valence-corrected chi connectivity index (χ1v) is 7.14. The van der Waals surface area contributed by atoms with E-state index in [0.717, 1.165) is 13.1 Å². The Kier molecular flexibility index (Phi) is 5.35. The Balaban J connectivity index is 2.04. The summed E-state index contributed by atoms with van der Waals surface area (Å²) in [5, 5.41) is 6.05. The van der Waals surface area contributed by atoms with E-state index >= 15 is 0 Å². The monoisotopic (exact) mass is 307 g/mol. The van der Waals surface area contributed by atoms with Crippen LogP contribution in [0.4, 0.5) is 5.69 Å². The molecule has 0 saturated carbocycles. The maximum atomic E-state index is 12.5. The van der Waals surface area contributed by atoms with Gasteiger partial charge in [0.05, 0.1) is 0 Å². The van der Waals surface area contributed by atoms with Crippen LogP contribution >= 0.6 is 0 Å². The fraction of sp³-hybridized carbons (Fsp3) is 0.467. The molecule has 1 heterocycles. The number of rotatable bonds is 6. The zero-order chi connectivity index (χ0) is 16.0. The third-order valence-electron chi connectivity index (χ3n) is 3.69. The third kappa shape index (κ3) is 3.96. The summed E-state index contributed by atoms with van der Waals surface area (Å²) in [6.45, 7) is 1.27. The summed E-state index contributed by atoms with van der Waals surface area (Å²) in [5.41, 5.74) is 4.81. The van der Waals surface area contributed by atoms with E-state index in [0.29, 0.717) is 24.3 Å². The summed E-state index contributed by atoms with van der Waals surface area (Å²) in [6.07, 6.45) is 1.24. The summed E-state index contributed by atoms with van der Waals surface area (Å²) in [5.74, 6) is -0.264. The standard InChI is InChI=1S/C15H21N3O4/c1-21-15(5-7-17-8-6-15)14(20)18-11-3-2-4-12(9-11)22-10-13(16)19/h2-4,9,17H,5-8,10H2,1H3,(H2,16,19)(H,18,20). The summed E-state index contributed by atoms with van der Waals surface area (Å²) in [7, 11) is 1.55. The van der Waals surface area contributed by atoms with Crippen LogP contribution in [0.1, 0.15) is 12.8 Å². The summed E-state index contributed by atoms with van der Waals surface area (Å²) < 4.78 is 10.7. The van der Waals surface area contributed by atoms with Crippen LogP contribution in [-0.2, 0) is 14.3 Å². The number of primary amides is 1. The zero-order valence-corrected chi connectivity index (χ0v) is 12.6. The van der Waals surface area contributed by atoms with Gasteiger partial charge in [-0.3, -0.25) is 9.59 Å². The van der Waals surface area contributed by atoms with E-state index in [1.165, 1.54) is 0 Å². The minimum Gasteiger partial charge on any atom is -0.484 e. The van der Waals surface area contributed by atoms with Crippen LogP contribution in [0.25, 0.3) is 0 Å². The lowest BCUT2D eigenvalue weighted by Gasteiger charge is -2.34. The number of hydrogen-bond acceptors (Lipinski definition) is 5. The maximum Gasteiger partial charge on any atom is 0.256 e. The highest BCUT2D eigenvalue weighted by atomic mass is 16.5. The number of nitrogens with two attached hydrogens (primary N) is 1. The topological polar surface area (TPSA) is 103 Å². The van der Waals surface area contributed by atoms with Crippen LogP contribution in [-0.4, -0.2) is 44.2 Å². The van der Waals surface area contributed by atoms with Gasteiger partial charge in [-0.05, 0) is 38.1 Å². The number of methoxy groups -OCH3 is 1. The molecule has 7 nitrogen and oxygen atoms in total. The van der Waals surface area contributed by atoms with Crippen molar-refractivity contribution in [1.29, 1.82) is 0 Å². The second kappa shape index (κ2) is 7.24. The van der Waals surface area contributed by atoms with E-state index in [-0.39, 0.29) is 12.5 Å². The second-order valence-electron chi connectivity index (χ2n) is 5.19. The molecule has 22 heavy (non-hydrogen) atoms. The molecule has 7 heteroatoms. The van der Waals surface area contributed by atoms with E-state index in [9.17, 15) is 9.59 Å². The van der Waals surface area contributed by atoms with Gasteiger partial charge in [-0.15, -0.1) is 0 Å². The summed E-state index contributed by atoms with van der Waals surface area (Å²) >= 11 is 0. The van der Waals surface area contributed by atoms with Crippen molar-refractivity contribution in [2.75, 3.05) is 32.1 Å². The zero-order valence-electron chi connectivity index (χ0n) is 12.6. The Labute approximate surface area is 129 Å². The Bertz CT molecular complexity index is 541. The number of piperidine rings is 1. The molecule has 4 N–H and O–H groups in total. The maximum absolute atomic E-state index is 12.5. The van der Waals surface area contributed by atoms with Gasteiger partial charge in [0.15, 0.2) is 6.61 Å². The second-order valence-corrected chi connectivity index (χ2v) is 5.19. The number of carbonyl (C=O) groups excluding carboxylic acids is 2. The van der Waals surface area contributed by atoms with Crippen molar-refractivity contribution < 1.29 is 19.1 Å². The average molecular weight is 307 g/mol. The SMILES string of the molecule is COC1(C(=O)Nc2cccc(OCC(N)=O)c2)CCNCC1. The van der Waals surface area contributed by atoms with Gasteiger partial charge in [-0.1, -0.05) is 6.07 Å². The Hall–Kier alpha value is -2.12. The number of anilines is 1. The molecule has 1 aliphatic rings. The quantitative estimate of drug-likeness (QED) is 0.699. The number of ether oxygens (including phenoxy) is 2. The minimum absolute atomic E-state index is 0.177. The number of nitrogens with one attached hydrogen (secondary N) is 2. The average Bonchev–Trinajstić information content (AvgIpc) is 2.54. The molecular formula is C15H21N3O4. The number of hydrogen-bond donors (Lipinski definition) is 3. The van der Waals surface area contributed by atoms with E-state index in [1.54, 1.807) is 31.4 Å². The molecule has 0 atom stereocenters. The van der Waals surface area contributed by atoms with Crippen molar-refractivity contribution in [1.82, 2.24) is 5.32 Å². The molecule has 1 aromatic rings. The molecule has 2 amide bonds. The molecule has 120 valence electrons. The minimum atomic E-state index is -0.810. The molecule has 1 aliphatic heterocycles. The van der Waals surface area contributed by atoms with Crippen molar-refractivity contribution in [3.63, 3.8) is 0 Å². The normalized spacial score (nSPS) is 16.8. The molecule has 1 saturated heterocycles. The summed E-state index contributed by atoms with van der Waals surface area (Å²) in [6, 6.07) is 6.81. The van der Waals surface area contributed by atoms with Gasteiger partial charge in [0.1, 0.15) is 11.4 Å². The van der Waals surface area contributed by atoms with Crippen molar-refractivity contribution >= 4 is 17.5 Å². The van der Waals surface area contributed by atoms with E-state index in [1.807, 2.05) is 0 Å². The van der Waals surface area contributed by atoms with Gasteiger partial charge in [-0.2, -0.15) is 0 Å². The largest absolute Gasteiger partial charge is 0.484 e. The van der Waals surface area contributed by atoms with Crippen molar-refractivity contribution in [3.8, 4) is 5.75 Å². The first-order chi connectivity index (χ1) is 10.6. The van der Waals surface area contributed by atoms with Gasteiger partial charge in [0, 0.05) is 18.9 Å². The molecule has 0 aromatic heterocycles. The molecule has 1 aromatic carbocycles. The fourth-order valence-electron chi connectivity index (χ4n) is 2.42. The Morgan fingerprint density at radius 3 is 2.73 bits per heavy atom. The van der Waals surface area contributed by atoms with E-state index < -0.39 is 11.5 Å². The van der Waals surface area contributed by atoms with Gasteiger partial charge >= 0.3 is 0 Å². The number of amides is 2. The van der Waals surface area contributed by atoms with Gasteiger partial charge < -0.3 is 25.8 Å². The molecule has 0 spiro atoms. The van der Waals surface area contributed by atoms with E-state index in [2.05, 4.69) is 10.6 Å². The van der Waals surface area contributed by atoms with Crippen LogP contribution in [0, 0.1) is 0 Å². The Morgan fingerprint density at radius 1 is 1.36 bits per heavy atom. The third-order valence-corrected chi connectivity index (χ3v) is 3.69. The van der Waals surface area contributed by atoms with Gasteiger partial charge in [0.2, 0.25) is 0 Å². The van der Waals surface area contributed by atoms with E-state index in [4.69, 9.17) is 15.2 Å². The molecule has 0 aliphatic carbocycles. The lowest BCUT2D eigenvalue weighted by atomic mass is 9.91. The predicted octanol–water partition coefficient (Wildman–Crippen LogP) is 0.258. The van der Waals surface area contributed by atoms with Crippen molar-refractivity contribution in [2.24, 2.45) is 5.73 Å². The molecule has 1 fully saturated rings. The molecule has 0 radical (unpaired) electrons. The van der Waals surface area contributed by atoms with Crippen LogP contribution in [0.5, 0.6) is 5.75 Å². The van der Waals surface area contributed by atoms with Crippen LogP contribution in [0.2, 0.25) is 0 Å².